The molecule has 1 aliphatic heterocycles. The first-order chi connectivity index (χ1) is 10.1. The molecule has 1 fully saturated rings. The molecule has 1 aliphatic rings. The number of nitrogens with zero attached hydrogens (tertiary/aromatic N) is 2. The van der Waals surface area contributed by atoms with Gasteiger partial charge in [-0.15, -0.1) is 0 Å². The number of anilines is 1. The molecule has 4 nitrogen and oxygen atoms in total. The first-order valence-electron chi connectivity index (χ1n) is 7.64. The highest BCUT2D eigenvalue weighted by Crippen LogP contribution is 2.31. The Morgan fingerprint density at radius 1 is 1.33 bits per heavy atom. The van der Waals surface area contributed by atoms with Gasteiger partial charge in [-0.1, -0.05) is 0 Å². The number of rotatable bonds is 6. The van der Waals surface area contributed by atoms with Crippen LogP contribution in [0.2, 0.25) is 0 Å². The summed E-state index contributed by atoms with van der Waals surface area (Å²) in [4.78, 5) is 4.30. The minimum absolute atomic E-state index is 0.222. The van der Waals surface area contributed by atoms with E-state index in [1.54, 1.807) is 12.1 Å². The number of hydrogen-bond acceptors (Lipinski definition) is 4. The highest BCUT2D eigenvalue weighted by molar-refractivity contribution is 5.59. The number of ether oxygens (including phenoxy) is 1. The molecular formula is C16H26FN3O. The van der Waals surface area contributed by atoms with Gasteiger partial charge in [0, 0.05) is 31.7 Å². The molecule has 0 saturated carbocycles. The summed E-state index contributed by atoms with van der Waals surface area (Å²) >= 11 is 0. The Morgan fingerprint density at radius 2 is 2.05 bits per heavy atom. The fourth-order valence-electron chi connectivity index (χ4n) is 2.56. The van der Waals surface area contributed by atoms with Gasteiger partial charge in [-0.2, -0.15) is 0 Å². The van der Waals surface area contributed by atoms with Crippen molar-refractivity contribution in [3.63, 3.8) is 0 Å². The molecule has 2 N–H and O–H groups in total. The van der Waals surface area contributed by atoms with E-state index in [0.717, 1.165) is 50.3 Å². The SMILES string of the molecule is CN(C)CCCOc1ccc(F)cc1N1CCC(N)CC1. The van der Waals surface area contributed by atoms with Crippen LogP contribution in [-0.4, -0.2) is 51.3 Å². The van der Waals surface area contributed by atoms with Crippen molar-refractivity contribution in [2.75, 3.05) is 45.2 Å². The van der Waals surface area contributed by atoms with Gasteiger partial charge in [0.1, 0.15) is 11.6 Å². The number of piperidine rings is 1. The predicted molar refractivity (Wildman–Crippen MR) is 84.5 cm³/mol. The molecule has 1 heterocycles. The third kappa shape index (κ3) is 4.86. The standard InChI is InChI=1S/C16H26FN3O/c1-19(2)8-3-11-21-16-5-4-13(17)12-15(16)20-9-6-14(18)7-10-20/h4-5,12,14H,3,6-11,18H2,1-2H3. The van der Waals surface area contributed by atoms with Crippen LogP contribution in [0, 0.1) is 5.82 Å². The Bertz CT molecular complexity index is 445. The van der Waals surface area contributed by atoms with Gasteiger partial charge in [0.25, 0.3) is 0 Å². The van der Waals surface area contributed by atoms with E-state index in [0.29, 0.717) is 6.61 Å². The van der Waals surface area contributed by atoms with Gasteiger partial charge in [0.15, 0.2) is 0 Å². The lowest BCUT2D eigenvalue weighted by atomic mass is 10.1. The normalized spacial score (nSPS) is 16.5. The monoisotopic (exact) mass is 295 g/mol. The fourth-order valence-corrected chi connectivity index (χ4v) is 2.56. The van der Waals surface area contributed by atoms with Crippen LogP contribution in [0.4, 0.5) is 10.1 Å². The zero-order valence-corrected chi connectivity index (χ0v) is 13.0. The van der Waals surface area contributed by atoms with Gasteiger partial charge in [-0.3, -0.25) is 0 Å². The zero-order chi connectivity index (χ0) is 15.2. The van der Waals surface area contributed by atoms with Gasteiger partial charge in [-0.25, -0.2) is 4.39 Å². The minimum atomic E-state index is -0.222. The molecule has 0 radical (unpaired) electrons. The summed E-state index contributed by atoms with van der Waals surface area (Å²) in [6, 6.07) is 5.02. The summed E-state index contributed by atoms with van der Waals surface area (Å²) in [5, 5.41) is 0. The van der Waals surface area contributed by atoms with E-state index in [4.69, 9.17) is 10.5 Å². The second-order valence-corrected chi connectivity index (χ2v) is 5.94. The Balaban J connectivity index is 2.00. The van der Waals surface area contributed by atoms with Crippen molar-refractivity contribution in [1.29, 1.82) is 0 Å². The van der Waals surface area contributed by atoms with E-state index in [-0.39, 0.29) is 11.9 Å². The van der Waals surface area contributed by atoms with E-state index in [2.05, 4.69) is 9.80 Å². The highest BCUT2D eigenvalue weighted by atomic mass is 19.1. The Hall–Kier alpha value is -1.33. The Morgan fingerprint density at radius 3 is 2.71 bits per heavy atom. The van der Waals surface area contributed by atoms with E-state index >= 15 is 0 Å². The van der Waals surface area contributed by atoms with Crippen molar-refractivity contribution in [2.45, 2.75) is 25.3 Å². The molecule has 1 aromatic carbocycles. The Kier molecular flexibility index (Phi) is 5.82. The maximum absolute atomic E-state index is 13.6. The second kappa shape index (κ2) is 7.61. The second-order valence-electron chi connectivity index (χ2n) is 5.94. The van der Waals surface area contributed by atoms with E-state index in [1.807, 2.05) is 14.1 Å². The molecule has 21 heavy (non-hydrogen) atoms. The first kappa shape index (κ1) is 16.0. The summed E-state index contributed by atoms with van der Waals surface area (Å²) in [6.45, 7) is 3.34. The smallest absolute Gasteiger partial charge is 0.142 e. The maximum Gasteiger partial charge on any atom is 0.142 e. The topological polar surface area (TPSA) is 41.7 Å². The molecule has 0 aliphatic carbocycles. The zero-order valence-electron chi connectivity index (χ0n) is 13.0. The fraction of sp³-hybridized carbons (Fsp3) is 0.625. The molecule has 1 aromatic rings. The lowest BCUT2D eigenvalue weighted by Crippen LogP contribution is -2.39. The molecule has 0 atom stereocenters. The van der Waals surface area contributed by atoms with Gasteiger partial charge >= 0.3 is 0 Å². The molecule has 2 rings (SSSR count). The van der Waals surface area contributed by atoms with Crippen LogP contribution < -0.4 is 15.4 Å². The Labute approximate surface area is 126 Å². The van der Waals surface area contributed by atoms with Crippen LogP contribution >= 0.6 is 0 Å². The third-order valence-electron chi connectivity index (χ3n) is 3.81. The van der Waals surface area contributed by atoms with Crippen molar-refractivity contribution in [3.05, 3.63) is 24.0 Å². The number of benzene rings is 1. The lowest BCUT2D eigenvalue weighted by Gasteiger charge is -2.33. The first-order valence-corrected chi connectivity index (χ1v) is 7.64. The van der Waals surface area contributed by atoms with Gasteiger partial charge in [0.2, 0.25) is 0 Å². The van der Waals surface area contributed by atoms with Gasteiger partial charge in [-0.05, 0) is 45.5 Å². The van der Waals surface area contributed by atoms with Crippen molar-refractivity contribution in [1.82, 2.24) is 4.90 Å². The summed E-state index contributed by atoms with van der Waals surface area (Å²) in [5.74, 6) is 0.547. The van der Waals surface area contributed by atoms with Crippen LogP contribution in [0.15, 0.2) is 18.2 Å². The average molecular weight is 295 g/mol. The minimum Gasteiger partial charge on any atom is -0.491 e. The number of halogens is 1. The number of nitrogens with two attached hydrogens (primary N) is 1. The highest BCUT2D eigenvalue weighted by Gasteiger charge is 2.19. The molecule has 0 bridgehead atoms. The van der Waals surface area contributed by atoms with E-state index in [9.17, 15) is 4.39 Å². The number of hydrogen-bond donors (Lipinski definition) is 1. The maximum atomic E-state index is 13.6. The van der Waals surface area contributed by atoms with Crippen LogP contribution in [0.1, 0.15) is 19.3 Å². The molecule has 1 saturated heterocycles. The van der Waals surface area contributed by atoms with E-state index < -0.39 is 0 Å². The molecule has 0 aromatic heterocycles. The average Bonchev–Trinajstić information content (AvgIpc) is 2.45. The van der Waals surface area contributed by atoms with E-state index in [1.165, 1.54) is 6.07 Å². The molecular weight excluding hydrogens is 269 g/mol. The summed E-state index contributed by atoms with van der Waals surface area (Å²) < 4.78 is 19.4. The summed E-state index contributed by atoms with van der Waals surface area (Å²) in [6.07, 6.45) is 2.84. The lowest BCUT2D eigenvalue weighted by molar-refractivity contribution is 0.281. The van der Waals surface area contributed by atoms with Crippen LogP contribution in [-0.2, 0) is 0 Å². The predicted octanol–water partition coefficient (Wildman–Crippen LogP) is 2.08. The van der Waals surface area contributed by atoms with Crippen LogP contribution in [0.25, 0.3) is 0 Å². The molecule has 118 valence electrons. The molecule has 5 heteroatoms. The van der Waals surface area contributed by atoms with Crippen molar-refractivity contribution >= 4 is 5.69 Å². The molecule has 0 spiro atoms. The van der Waals surface area contributed by atoms with Crippen LogP contribution in [0.3, 0.4) is 0 Å². The summed E-state index contributed by atoms with van der Waals surface area (Å²) in [5.41, 5.74) is 6.79. The largest absolute Gasteiger partial charge is 0.491 e. The van der Waals surface area contributed by atoms with Crippen LogP contribution in [0.5, 0.6) is 5.75 Å². The molecule has 0 unspecified atom stereocenters. The van der Waals surface area contributed by atoms with Gasteiger partial charge in [0.05, 0.1) is 12.3 Å². The summed E-state index contributed by atoms with van der Waals surface area (Å²) in [7, 11) is 4.08. The quantitative estimate of drug-likeness (QED) is 0.816. The third-order valence-corrected chi connectivity index (χ3v) is 3.81. The van der Waals surface area contributed by atoms with Gasteiger partial charge < -0.3 is 20.3 Å². The van der Waals surface area contributed by atoms with Crippen molar-refractivity contribution < 1.29 is 9.13 Å². The van der Waals surface area contributed by atoms with Crippen molar-refractivity contribution in [2.24, 2.45) is 5.73 Å². The molecule has 0 amide bonds. The van der Waals surface area contributed by atoms with Crippen molar-refractivity contribution in [3.8, 4) is 5.75 Å².